The van der Waals surface area contributed by atoms with E-state index in [0.717, 1.165) is 44.9 Å². The van der Waals surface area contributed by atoms with Crippen molar-refractivity contribution in [1.82, 2.24) is 9.13 Å². The highest BCUT2D eigenvalue weighted by Gasteiger charge is 2.27. The van der Waals surface area contributed by atoms with Crippen LogP contribution in [0.5, 0.6) is 0 Å². The fourth-order valence-electron chi connectivity index (χ4n) is 3.57. The van der Waals surface area contributed by atoms with Gasteiger partial charge in [-0.1, -0.05) is 26.2 Å². The summed E-state index contributed by atoms with van der Waals surface area (Å²) in [5, 5.41) is 5.96. The molecule has 2 N–H and O–H groups in total. The monoisotopic (exact) mass is 334 g/mol. The average Bonchev–Trinajstić information content (AvgIpc) is 3.13. The molecule has 1 aliphatic carbocycles. The smallest absolute Gasteiger partial charge is 0.332 e. The number of aromatic nitrogens is 2. The van der Waals surface area contributed by atoms with Gasteiger partial charge in [-0.15, -0.1) is 0 Å². The van der Waals surface area contributed by atoms with Crippen LogP contribution in [0.3, 0.4) is 0 Å². The highest BCUT2D eigenvalue weighted by Crippen LogP contribution is 2.27. The summed E-state index contributed by atoms with van der Waals surface area (Å²) in [6, 6.07) is 0. The van der Waals surface area contributed by atoms with E-state index in [9.17, 15) is 14.4 Å². The van der Waals surface area contributed by atoms with Gasteiger partial charge in [0, 0.05) is 25.6 Å². The molecule has 1 aliphatic heterocycles. The normalized spacial score (nSPS) is 17.4. The van der Waals surface area contributed by atoms with Gasteiger partial charge in [-0.05, 0) is 25.7 Å². The Kier molecular flexibility index (Phi) is 5.06. The molecule has 24 heavy (non-hydrogen) atoms. The third kappa shape index (κ3) is 3.12. The number of carbonyl (C=O) groups excluding carboxylic acids is 1. The molecule has 1 aromatic heterocycles. The highest BCUT2D eigenvalue weighted by atomic mass is 16.2. The van der Waals surface area contributed by atoms with Crippen molar-refractivity contribution in [3.05, 3.63) is 20.8 Å². The zero-order chi connectivity index (χ0) is 17.1. The first-order valence-electron chi connectivity index (χ1n) is 9.06. The number of nitrogens with one attached hydrogen (secondary N) is 2. The van der Waals surface area contributed by atoms with Crippen molar-refractivity contribution in [1.29, 1.82) is 0 Å². The van der Waals surface area contributed by atoms with Crippen LogP contribution in [-0.4, -0.2) is 21.6 Å². The molecule has 1 saturated carbocycles. The van der Waals surface area contributed by atoms with Crippen molar-refractivity contribution < 1.29 is 4.79 Å². The van der Waals surface area contributed by atoms with Crippen molar-refractivity contribution in [2.75, 3.05) is 17.2 Å². The number of carbonyl (C=O) groups is 1. The van der Waals surface area contributed by atoms with Gasteiger partial charge in [0.05, 0.1) is 0 Å². The molecule has 2 heterocycles. The average molecular weight is 334 g/mol. The topological polar surface area (TPSA) is 85.1 Å². The Morgan fingerprint density at radius 1 is 1.25 bits per heavy atom. The van der Waals surface area contributed by atoms with E-state index < -0.39 is 0 Å². The summed E-state index contributed by atoms with van der Waals surface area (Å²) < 4.78 is 2.86. The van der Waals surface area contributed by atoms with E-state index in [1.165, 1.54) is 4.57 Å². The Labute approximate surface area is 141 Å². The number of unbranched alkanes of at least 4 members (excludes halogenated alkanes) is 1. The molecule has 0 atom stereocenters. The molecule has 0 saturated heterocycles. The minimum absolute atomic E-state index is 0.0235. The second-order valence-corrected chi connectivity index (χ2v) is 6.72. The number of anilines is 2. The summed E-state index contributed by atoms with van der Waals surface area (Å²) >= 11 is 0. The second kappa shape index (κ2) is 7.23. The van der Waals surface area contributed by atoms with Gasteiger partial charge in [-0.25, -0.2) is 4.79 Å². The lowest BCUT2D eigenvalue weighted by atomic mass is 10.1. The predicted octanol–water partition coefficient (Wildman–Crippen LogP) is 1.75. The SMILES string of the molecule is CCCCn1c(=O)c(NC(=O)C2CCCC2)c2n(c1=O)CCCN2. The Morgan fingerprint density at radius 2 is 2.00 bits per heavy atom. The van der Waals surface area contributed by atoms with Crippen molar-refractivity contribution in [2.45, 2.75) is 65.0 Å². The summed E-state index contributed by atoms with van der Waals surface area (Å²) in [5.74, 6) is 0.348. The first-order chi connectivity index (χ1) is 11.6. The lowest BCUT2D eigenvalue weighted by Crippen LogP contribution is -2.44. The fraction of sp³-hybridized carbons (Fsp3) is 0.706. The molecule has 7 heteroatoms. The Bertz CT molecular complexity index is 729. The molecular formula is C17H26N4O3. The molecule has 132 valence electrons. The third-order valence-corrected chi connectivity index (χ3v) is 4.99. The predicted molar refractivity (Wildman–Crippen MR) is 93.6 cm³/mol. The van der Waals surface area contributed by atoms with E-state index in [-0.39, 0.29) is 28.8 Å². The molecule has 1 amide bonds. The lowest BCUT2D eigenvalue weighted by molar-refractivity contribution is -0.119. The Morgan fingerprint density at radius 3 is 2.71 bits per heavy atom. The van der Waals surface area contributed by atoms with Crippen LogP contribution in [0.15, 0.2) is 9.59 Å². The van der Waals surface area contributed by atoms with Crippen molar-refractivity contribution >= 4 is 17.4 Å². The van der Waals surface area contributed by atoms with Crippen LogP contribution < -0.4 is 21.9 Å². The van der Waals surface area contributed by atoms with Gasteiger partial charge < -0.3 is 10.6 Å². The fourth-order valence-corrected chi connectivity index (χ4v) is 3.57. The molecule has 7 nitrogen and oxygen atoms in total. The molecule has 2 aliphatic rings. The van der Waals surface area contributed by atoms with Crippen molar-refractivity contribution in [3.63, 3.8) is 0 Å². The van der Waals surface area contributed by atoms with E-state index in [0.29, 0.717) is 25.5 Å². The molecule has 3 rings (SSSR count). The maximum atomic E-state index is 12.8. The first kappa shape index (κ1) is 16.8. The molecule has 1 aromatic rings. The van der Waals surface area contributed by atoms with Gasteiger partial charge in [-0.2, -0.15) is 0 Å². The summed E-state index contributed by atoms with van der Waals surface area (Å²) in [5.41, 5.74) is -0.433. The van der Waals surface area contributed by atoms with Gasteiger partial charge in [0.25, 0.3) is 5.56 Å². The molecule has 0 aromatic carbocycles. The van der Waals surface area contributed by atoms with E-state index in [2.05, 4.69) is 10.6 Å². The van der Waals surface area contributed by atoms with Crippen LogP contribution in [0.4, 0.5) is 11.5 Å². The summed E-state index contributed by atoms with van der Waals surface area (Å²) in [6.45, 7) is 3.68. The van der Waals surface area contributed by atoms with E-state index in [1.807, 2.05) is 6.92 Å². The van der Waals surface area contributed by atoms with Crippen LogP contribution in [0, 0.1) is 5.92 Å². The van der Waals surface area contributed by atoms with Gasteiger partial charge in [0.15, 0.2) is 0 Å². The molecular weight excluding hydrogens is 308 g/mol. The molecule has 0 unspecified atom stereocenters. The maximum Gasteiger partial charge on any atom is 0.332 e. The summed E-state index contributed by atoms with van der Waals surface area (Å²) in [7, 11) is 0. The van der Waals surface area contributed by atoms with Gasteiger partial charge >= 0.3 is 5.69 Å². The minimum atomic E-state index is -0.388. The van der Waals surface area contributed by atoms with Crippen molar-refractivity contribution in [2.24, 2.45) is 5.92 Å². The van der Waals surface area contributed by atoms with Crippen LogP contribution >= 0.6 is 0 Å². The highest BCUT2D eigenvalue weighted by molar-refractivity contribution is 5.95. The largest absolute Gasteiger partial charge is 0.369 e. The zero-order valence-electron chi connectivity index (χ0n) is 14.3. The number of hydrogen-bond donors (Lipinski definition) is 2. The van der Waals surface area contributed by atoms with E-state index in [1.54, 1.807) is 4.57 Å². The molecule has 0 spiro atoms. The number of rotatable bonds is 5. The Balaban J connectivity index is 2.01. The van der Waals surface area contributed by atoms with Gasteiger partial charge in [0.1, 0.15) is 11.5 Å². The molecule has 0 radical (unpaired) electrons. The van der Waals surface area contributed by atoms with Crippen molar-refractivity contribution in [3.8, 4) is 0 Å². The number of nitrogens with zero attached hydrogens (tertiary/aromatic N) is 2. The summed E-state index contributed by atoms with van der Waals surface area (Å²) in [4.78, 5) is 37.9. The zero-order valence-corrected chi connectivity index (χ0v) is 14.3. The van der Waals surface area contributed by atoms with Gasteiger partial charge in [-0.3, -0.25) is 18.7 Å². The maximum absolute atomic E-state index is 12.8. The number of amides is 1. The van der Waals surface area contributed by atoms with Crippen LogP contribution in [0.25, 0.3) is 0 Å². The number of hydrogen-bond acceptors (Lipinski definition) is 4. The lowest BCUT2D eigenvalue weighted by Gasteiger charge is -2.24. The first-order valence-corrected chi connectivity index (χ1v) is 9.06. The van der Waals surface area contributed by atoms with Gasteiger partial charge in [0.2, 0.25) is 5.91 Å². The quantitative estimate of drug-likeness (QED) is 0.859. The molecule has 1 fully saturated rings. The third-order valence-electron chi connectivity index (χ3n) is 4.99. The second-order valence-electron chi connectivity index (χ2n) is 6.72. The standard InChI is InChI=1S/C17H26N4O3/c1-2-3-10-21-16(23)13(19-15(22)12-7-4-5-8-12)14-18-9-6-11-20(14)17(21)24/h12,18H,2-11H2,1H3,(H,19,22). The Hall–Kier alpha value is -2.05. The number of fused-ring (bicyclic) bond motifs is 1. The van der Waals surface area contributed by atoms with E-state index in [4.69, 9.17) is 0 Å². The van der Waals surface area contributed by atoms with Crippen LogP contribution in [0.2, 0.25) is 0 Å². The molecule has 0 bridgehead atoms. The van der Waals surface area contributed by atoms with E-state index >= 15 is 0 Å². The summed E-state index contributed by atoms with van der Waals surface area (Å²) in [6.07, 6.45) is 6.35. The minimum Gasteiger partial charge on any atom is -0.369 e. The van der Waals surface area contributed by atoms with Crippen LogP contribution in [0.1, 0.15) is 51.9 Å². The van der Waals surface area contributed by atoms with Crippen LogP contribution in [-0.2, 0) is 17.9 Å².